The normalized spacial score (nSPS) is 20.1. The molecule has 1 aliphatic rings. The van der Waals surface area contributed by atoms with Crippen molar-refractivity contribution in [2.45, 2.75) is 6.04 Å². The third-order valence-corrected chi connectivity index (χ3v) is 3.02. The van der Waals surface area contributed by atoms with E-state index >= 15 is 0 Å². The number of rotatable bonds is 2. The van der Waals surface area contributed by atoms with E-state index in [0.717, 1.165) is 17.9 Å². The van der Waals surface area contributed by atoms with Crippen molar-refractivity contribution in [3.05, 3.63) is 29.8 Å². The fraction of sp³-hybridized carbons (Fsp3) is 0.417. The maximum atomic E-state index is 11.4. The largest absolute Gasteiger partial charge is 0.496 e. The molecule has 0 spiro atoms. The second kappa shape index (κ2) is 5.05. The van der Waals surface area contributed by atoms with E-state index in [9.17, 15) is 4.79 Å². The predicted octanol–water partition coefficient (Wildman–Crippen LogP) is 0.720. The van der Waals surface area contributed by atoms with Crippen LogP contribution in [-0.2, 0) is 0 Å². The summed E-state index contributed by atoms with van der Waals surface area (Å²) in [6, 6.07) is 7.26. The molecular formula is C12H17N3O2. The van der Waals surface area contributed by atoms with Crippen molar-refractivity contribution in [2.75, 3.05) is 26.7 Å². The van der Waals surface area contributed by atoms with Crippen molar-refractivity contribution in [1.29, 1.82) is 0 Å². The number of amides is 2. The van der Waals surface area contributed by atoms with E-state index in [0.29, 0.717) is 13.1 Å². The fourth-order valence-electron chi connectivity index (χ4n) is 2.19. The molecule has 1 heterocycles. The number of hydrogen-bond donors (Lipinski definition) is 2. The van der Waals surface area contributed by atoms with E-state index in [2.05, 4.69) is 5.32 Å². The highest BCUT2D eigenvalue weighted by Gasteiger charge is 2.28. The highest BCUT2D eigenvalue weighted by molar-refractivity contribution is 5.73. The number of piperazine rings is 1. The van der Waals surface area contributed by atoms with E-state index in [-0.39, 0.29) is 12.1 Å². The Morgan fingerprint density at radius 1 is 1.53 bits per heavy atom. The van der Waals surface area contributed by atoms with Gasteiger partial charge in [-0.2, -0.15) is 0 Å². The number of hydrogen-bond acceptors (Lipinski definition) is 3. The summed E-state index contributed by atoms with van der Waals surface area (Å²) in [5, 5.41) is 3.26. The van der Waals surface area contributed by atoms with Gasteiger partial charge in [0.2, 0.25) is 0 Å². The van der Waals surface area contributed by atoms with Crippen LogP contribution in [0.15, 0.2) is 24.3 Å². The standard InChI is InChI=1S/C12H17N3O2/c1-17-11-5-3-2-4-9(11)10-8-14-6-7-15(10)12(13)16/h2-5,10,14H,6-8H2,1H3,(H2,13,16). The summed E-state index contributed by atoms with van der Waals surface area (Å²) in [5.41, 5.74) is 6.39. The second-order valence-corrected chi connectivity index (χ2v) is 3.99. The molecule has 1 aliphatic heterocycles. The number of carbonyl (C=O) groups is 1. The molecule has 2 rings (SSSR count). The summed E-state index contributed by atoms with van der Waals surface area (Å²) in [7, 11) is 1.63. The molecule has 1 unspecified atom stereocenters. The van der Waals surface area contributed by atoms with Crippen molar-refractivity contribution in [2.24, 2.45) is 5.73 Å². The van der Waals surface area contributed by atoms with Gasteiger partial charge in [0, 0.05) is 25.2 Å². The predicted molar refractivity (Wildman–Crippen MR) is 64.9 cm³/mol. The summed E-state index contributed by atoms with van der Waals surface area (Å²) in [4.78, 5) is 13.1. The molecule has 3 N–H and O–H groups in total. The number of urea groups is 1. The van der Waals surface area contributed by atoms with Gasteiger partial charge in [0.05, 0.1) is 13.2 Å². The van der Waals surface area contributed by atoms with Crippen LogP contribution in [0.1, 0.15) is 11.6 Å². The Hall–Kier alpha value is -1.75. The highest BCUT2D eigenvalue weighted by Crippen LogP contribution is 2.29. The number of nitrogens with zero attached hydrogens (tertiary/aromatic N) is 1. The number of carbonyl (C=O) groups excluding carboxylic acids is 1. The molecule has 0 bridgehead atoms. The monoisotopic (exact) mass is 235 g/mol. The van der Waals surface area contributed by atoms with Crippen LogP contribution in [0.3, 0.4) is 0 Å². The Bertz CT molecular complexity index is 408. The van der Waals surface area contributed by atoms with Gasteiger partial charge >= 0.3 is 6.03 Å². The van der Waals surface area contributed by atoms with Gasteiger partial charge in [-0.1, -0.05) is 18.2 Å². The van der Waals surface area contributed by atoms with E-state index < -0.39 is 0 Å². The van der Waals surface area contributed by atoms with Crippen LogP contribution >= 0.6 is 0 Å². The molecule has 5 nitrogen and oxygen atoms in total. The number of nitrogens with one attached hydrogen (secondary N) is 1. The molecule has 1 saturated heterocycles. The van der Waals surface area contributed by atoms with Crippen molar-refractivity contribution in [1.82, 2.24) is 10.2 Å². The quantitative estimate of drug-likeness (QED) is 0.793. The summed E-state index contributed by atoms with van der Waals surface area (Å²) >= 11 is 0. The Balaban J connectivity index is 2.32. The minimum Gasteiger partial charge on any atom is -0.496 e. The van der Waals surface area contributed by atoms with Crippen LogP contribution in [-0.4, -0.2) is 37.7 Å². The maximum Gasteiger partial charge on any atom is 0.315 e. The topological polar surface area (TPSA) is 67.6 Å². The van der Waals surface area contributed by atoms with Gasteiger partial charge in [-0.05, 0) is 6.07 Å². The molecule has 0 aromatic heterocycles. The molecule has 2 amide bonds. The van der Waals surface area contributed by atoms with Gasteiger partial charge in [0.15, 0.2) is 0 Å². The first-order valence-electron chi connectivity index (χ1n) is 5.63. The average Bonchev–Trinajstić information content (AvgIpc) is 2.38. The summed E-state index contributed by atoms with van der Waals surface area (Å²) in [6.07, 6.45) is 0. The first-order valence-corrected chi connectivity index (χ1v) is 5.63. The maximum absolute atomic E-state index is 11.4. The van der Waals surface area contributed by atoms with Crippen molar-refractivity contribution >= 4 is 6.03 Å². The Labute approximate surface area is 101 Å². The van der Waals surface area contributed by atoms with E-state index in [4.69, 9.17) is 10.5 Å². The number of ether oxygens (including phenoxy) is 1. The van der Waals surface area contributed by atoms with Gasteiger partial charge in [0.25, 0.3) is 0 Å². The molecule has 0 aliphatic carbocycles. The third kappa shape index (κ3) is 2.34. The van der Waals surface area contributed by atoms with E-state index in [1.54, 1.807) is 12.0 Å². The molecule has 1 fully saturated rings. The van der Waals surface area contributed by atoms with Crippen LogP contribution in [0.5, 0.6) is 5.75 Å². The molecule has 5 heteroatoms. The molecular weight excluding hydrogens is 218 g/mol. The molecule has 1 atom stereocenters. The third-order valence-electron chi connectivity index (χ3n) is 3.02. The molecule has 92 valence electrons. The Morgan fingerprint density at radius 3 is 3.00 bits per heavy atom. The number of methoxy groups -OCH3 is 1. The molecule has 0 saturated carbocycles. The zero-order valence-corrected chi connectivity index (χ0v) is 9.85. The van der Waals surface area contributed by atoms with Crippen LogP contribution in [0.2, 0.25) is 0 Å². The van der Waals surface area contributed by atoms with Crippen LogP contribution in [0, 0.1) is 0 Å². The number of benzene rings is 1. The lowest BCUT2D eigenvalue weighted by molar-refractivity contribution is 0.166. The van der Waals surface area contributed by atoms with Crippen molar-refractivity contribution in [3.8, 4) is 5.75 Å². The number of nitrogens with two attached hydrogens (primary N) is 1. The lowest BCUT2D eigenvalue weighted by Gasteiger charge is -2.35. The first kappa shape index (κ1) is 11.7. The minimum atomic E-state index is -0.387. The van der Waals surface area contributed by atoms with Gasteiger partial charge < -0.3 is 20.7 Å². The molecule has 1 aromatic carbocycles. The van der Waals surface area contributed by atoms with E-state index in [1.807, 2.05) is 24.3 Å². The lowest BCUT2D eigenvalue weighted by atomic mass is 10.0. The number of primary amides is 1. The first-order chi connectivity index (χ1) is 8.24. The average molecular weight is 235 g/mol. The second-order valence-electron chi connectivity index (χ2n) is 3.99. The lowest BCUT2D eigenvalue weighted by Crippen LogP contribution is -2.50. The van der Waals surface area contributed by atoms with Crippen LogP contribution in [0.25, 0.3) is 0 Å². The summed E-state index contributed by atoms with van der Waals surface area (Å²) in [6.45, 7) is 2.09. The van der Waals surface area contributed by atoms with Gasteiger partial charge in [0.1, 0.15) is 5.75 Å². The summed E-state index contributed by atoms with van der Waals surface area (Å²) < 4.78 is 5.32. The zero-order chi connectivity index (χ0) is 12.3. The van der Waals surface area contributed by atoms with Gasteiger partial charge in [-0.3, -0.25) is 0 Å². The smallest absolute Gasteiger partial charge is 0.315 e. The number of para-hydroxylation sites is 1. The fourth-order valence-corrected chi connectivity index (χ4v) is 2.19. The van der Waals surface area contributed by atoms with Crippen LogP contribution in [0.4, 0.5) is 4.79 Å². The minimum absolute atomic E-state index is 0.0580. The Morgan fingerprint density at radius 2 is 2.29 bits per heavy atom. The van der Waals surface area contributed by atoms with Gasteiger partial charge in [-0.25, -0.2) is 4.79 Å². The summed E-state index contributed by atoms with van der Waals surface area (Å²) in [5.74, 6) is 0.785. The van der Waals surface area contributed by atoms with Crippen molar-refractivity contribution in [3.63, 3.8) is 0 Å². The van der Waals surface area contributed by atoms with Crippen LogP contribution < -0.4 is 15.8 Å². The molecule has 0 radical (unpaired) electrons. The highest BCUT2D eigenvalue weighted by atomic mass is 16.5. The van der Waals surface area contributed by atoms with E-state index in [1.165, 1.54) is 0 Å². The molecule has 1 aromatic rings. The molecule has 17 heavy (non-hydrogen) atoms. The van der Waals surface area contributed by atoms with Gasteiger partial charge in [-0.15, -0.1) is 0 Å². The Kier molecular flexibility index (Phi) is 3.49. The van der Waals surface area contributed by atoms with Crippen molar-refractivity contribution < 1.29 is 9.53 Å². The zero-order valence-electron chi connectivity index (χ0n) is 9.85. The SMILES string of the molecule is COc1ccccc1C1CNCCN1C(N)=O.